The molecule has 6 heteroatoms. The lowest BCUT2D eigenvalue weighted by atomic mass is 10.2. The van der Waals surface area contributed by atoms with Crippen LogP contribution in [0.5, 0.6) is 0 Å². The highest BCUT2D eigenvalue weighted by Crippen LogP contribution is 2.26. The summed E-state index contributed by atoms with van der Waals surface area (Å²) in [4.78, 5) is 15.5. The lowest BCUT2D eigenvalue weighted by Crippen LogP contribution is -2.33. The van der Waals surface area contributed by atoms with Crippen LogP contribution in [-0.4, -0.2) is 17.4 Å². The van der Waals surface area contributed by atoms with Crippen LogP contribution < -0.4 is 10.6 Å². The molecule has 2 rings (SSSR count). The molecule has 1 aromatic heterocycles. The molecular formula is C14H13BrN2OS2. The van der Waals surface area contributed by atoms with Crippen molar-refractivity contribution in [3.05, 3.63) is 51.1 Å². The second-order valence-corrected chi connectivity index (χ2v) is 6.40. The maximum absolute atomic E-state index is 12.7. The predicted octanol–water partition coefficient (Wildman–Crippen LogP) is 3.83. The van der Waals surface area contributed by atoms with Crippen LogP contribution in [-0.2, 0) is 0 Å². The first-order valence-electron chi connectivity index (χ1n) is 5.98. The molecule has 0 unspecified atom stereocenters. The molecule has 104 valence electrons. The average Bonchev–Trinajstić information content (AvgIpc) is 2.86. The number of anilines is 1. The number of nitrogens with zero attached hydrogens (tertiary/aromatic N) is 1. The summed E-state index contributed by atoms with van der Waals surface area (Å²) in [6.45, 7) is 0.475. The van der Waals surface area contributed by atoms with Gasteiger partial charge < -0.3 is 10.6 Å². The molecular weight excluding hydrogens is 356 g/mol. The Labute approximate surface area is 135 Å². The molecule has 0 aliphatic carbocycles. The highest BCUT2D eigenvalue weighted by atomic mass is 79.9. The third-order valence-electron chi connectivity index (χ3n) is 2.71. The van der Waals surface area contributed by atoms with E-state index in [0.29, 0.717) is 22.8 Å². The molecule has 2 N–H and O–H groups in total. The fraction of sp³-hybridized carbons (Fsp3) is 0.143. The van der Waals surface area contributed by atoms with Gasteiger partial charge in [0.25, 0.3) is 5.91 Å². The van der Waals surface area contributed by atoms with E-state index in [2.05, 4.69) is 15.9 Å². The molecule has 0 atom stereocenters. The molecule has 2 aromatic rings. The highest BCUT2D eigenvalue weighted by molar-refractivity contribution is 9.10. The van der Waals surface area contributed by atoms with Gasteiger partial charge in [-0.05, 0) is 39.5 Å². The second kappa shape index (κ2) is 6.97. The van der Waals surface area contributed by atoms with E-state index < -0.39 is 0 Å². The summed E-state index contributed by atoms with van der Waals surface area (Å²) in [5, 5.41) is 1.88. The number of hydrogen-bond donors (Lipinski definition) is 1. The Balaban J connectivity index is 2.29. The molecule has 0 saturated heterocycles. The fourth-order valence-electron chi connectivity index (χ4n) is 1.75. The Bertz CT molecular complexity index is 613. The van der Waals surface area contributed by atoms with Crippen molar-refractivity contribution in [2.24, 2.45) is 5.73 Å². The van der Waals surface area contributed by atoms with Gasteiger partial charge in [-0.2, -0.15) is 0 Å². The lowest BCUT2D eigenvalue weighted by molar-refractivity contribution is 0.0991. The second-order valence-electron chi connectivity index (χ2n) is 4.11. The minimum absolute atomic E-state index is 0.0469. The van der Waals surface area contributed by atoms with Crippen LogP contribution in [0.25, 0.3) is 0 Å². The van der Waals surface area contributed by atoms with Gasteiger partial charge >= 0.3 is 0 Å². The average molecular weight is 369 g/mol. The number of carbonyl (C=O) groups excluding carboxylic acids is 1. The summed E-state index contributed by atoms with van der Waals surface area (Å²) in [5.74, 6) is -0.0469. The minimum Gasteiger partial charge on any atom is -0.393 e. The van der Waals surface area contributed by atoms with E-state index in [0.717, 1.165) is 10.2 Å². The van der Waals surface area contributed by atoms with Crippen LogP contribution in [0.3, 0.4) is 0 Å². The van der Waals surface area contributed by atoms with Crippen molar-refractivity contribution in [2.75, 3.05) is 11.4 Å². The van der Waals surface area contributed by atoms with Gasteiger partial charge in [-0.1, -0.05) is 30.4 Å². The Morgan fingerprint density at radius 1 is 1.30 bits per heavy atom. The smallest absolute Gasteiger partial charge is 0.269 e. The summed E-state index contributed by atoms with van der Waals surface area (Å²) in [7, 11) is 0. The number of nitrogens with two attached hydrogens (primary N) is 1. The first-order valence-corrected chi connectivity index (χ1v) is 8.06. The minimum atomic E-state index is -0.0469. The number of carbonyl (C=O) groups is 1. The molecule has 3 nitrogen and oxygen atoms in total. The molecule has 0 spiro atoms. The zero-order valence-electron chi connectivity index (χ0n) is 10.6. The van der Waals surface area contributed by atoms with Crippen molar-refractivity contribution >= 4 is 56.1 Å². The molecule has 0 aliphatic rings. The summed E-state index contributed by atoms with van der Waals surface area (Å²) in [6, 6.07) is 11.4. The number of rotatable bonds is 5. The van der Waals surface area contributed by atoms with E-state index in [9.17, 15) is 4.79 Å². The van der Waals surface area contributed by atoms with Crippen LogP contribution in [0.15, 0.2) is 46.3 Å². The number of amides is 1. The van der Waals surface area contributed by atoms with E-state index in [1.807, 2.05) is 41.8 Å². The Morgan fingerprint density at radius 3 is 2.55 bits per heavy atom. The molecule has 0 fully saturated rings. The molecule has 0 saturated carbocycles. The van der Waals surface area contributed by atoms with E-state index in [-0.39, 0.29) is 5.91 Å². The number of benzene rings is 1. The van der Waals surface area contributed by atoms with Gasteiger partial charge in [-0.3, -0.25) is 4.79 Å². The van der Waals surface area contributed by atoms with Gasteiger partial charge in [0.05, 0.1) is 4.99 Å². The van der Waals surface area contributed by atoms with Gasteiger partial charge in [0.2, 0.25) is 0 Å². The van der Waals surface area contributed by atoms with Gasteiger partial charge in [0, 0.05) is 23.1 Å². The van der Waals surface area contributed by atoms with Crippen molar-refractivity contribution in [3.8, 4) is 0 Å². The van der Waals surface area contributed by atoms with Crippen LogP contribution >= 0.6 is 39.5 Å². The van der Waals surface area contributed by atoms with Crippen molar-refractivity contribution in [1.29, 1.82) is 0 Å². The van der Waals surface area contributed by atoms with Crippen molar-refractivity contribution < 1.29 is 4.79 Å². The third-order valence-corrected chi connectivity index (χ3v) is 4.74. The summed E-state index contributed by atoms with van der Waals surface area (Å²) in [6.07, 6.45) is 0.499. The SMILES string of the molecule is NC(=S)CCN(C(=O)c1sccc1Br)c1ccccc1. The molecule has 0 bridgehead atoms. The number of thiocarbonyl (C=S) groups is 1. The maximum Gasteiger partial charge on any atom is 0.269 e. The van der Waals surface area contributed by atoms with Gasteiger partial charge in [-0.15, -0.1) is 11.3 Å². The van der Waals surface area contributed by atoms with Gasteiger partial charge in [-0.25, -0.2) is 0 Å². The first-order chi connectivity index (χ1) is 9.59. The number of para-hydroxylation sites is 1. The van der Waals surface area contributed by atoms with E-state index in [1.165, 1.54) is 11.3 Å². The summed E-state index contributed by atoms with van der Waals surface area (Å²) < 4.78 is 0.809. The highest BCUT2D eigenvalue weighted by Gasteiger charge is 2.20. The molecule has 1 aromatic carbocycles. The Hall–Kier alpha value is -1.24. The van der Waals surface area contributed by atoms with Gasteiger partial charge in [0.1, 0.15) is 4.88 Å². The zero-order valence-corrected chi connectivity index (χ0v) is 13.8. The summed E-state index contributed by atoms with van der Waals surface area (Å²) >= 11 is 9.72. The molecule has 1 heterocycles. The van der Waals surface area contributed by atoms with Crippen LogP contribution in [0.4, 0.5) is 5.69 Å². The number of hydrogen-bond acceptors (Lipinski definition) is 3. The van der Waals surface area contributed by atoms with E-state index in [1.54, 1.807) is 4.90 Å². The normalized spacial score (nSPS) is 10.2. The third kappa shape index (κ3) is 3.65. The molecule has 1 amide bonds. The Kier molecular flexibility index (Phi) is 5.28. The molecule has 0 aliphatic heterocycles. The van der Waals surface area contributed by atoms with Crippen molar-refractivity contribution in [3.63, 3.8) is 0 Å². The monoisotopic (exact) mass is 368 g/mol. The zero-order chi connectivity index (χ0) is 14.5. The Morgan fingerprint density at radius 2 is 2.00 bits per heavy atom. The lowest BCUT2D eigenvalue weighted by Gasteiger charge is -2.22. The molecule has 20 heavy (non-hydrogen) atoms. The van der Waals surface area contributed by atoms with Crippen LogP contribution in [0.1, 0.15) is 16.1 Å². The summed E-state index contributed by atoms with van der Waals surface area (Å²) in [5.41, 5.74) is 6.40. The van der Waals surface area contributed by atoms with Crippen molar-refractivity contribution in [1.82, 2.24) is 0 Å². The number of thiophene rings is 1. The van der Waals surface area contributed by atoms with Crippen LogP contribution in [0.2, 0.25) is 0 Å². The number of halogens is 1. The van der Waals surface area contributed by atoms with E-state index >= 15 is 0 Å². The van der Waals surface area contributed by atoms with Crippen LogP contribution in [0, 0.1) is 0 Å². The fourth-order valence-corrected chi connectivity index (χ4v) is 3.33. The van der Waals surface area contributed by atoms with Gasteiger partial charge in [0.15, 0.2) is 0 Å². The predicted molar refractivity (Wildman–Crippen MR) is 91.5 cm³/mol. The molecule has 0 radical (unpaired) electrons. The maximum atomic E-state index is 12.7. The standard InChI is InChI=1S/C14H13BrN2OS2/c15-11-7-9-20-13(11)14(18)17(8-6-12(16)19)10-4-2-1-3-5-10/h1-5,7,9H,6,8H2,(H2,16,19). The van der Waals surface area contributed by atoms with Crippen molar-refractivity contribution in [2.45, 2.75) is 6.42 Å². The first kappa shape index (κ1) is 15.2. The largest absolute Gasteiger partial charge is 0.393 e. The topological polar surface area (TPSA) is 46.3 Å². The quantitative estimate of drug-likeness (QED) is 0.815. The van der Waals surface area contributed by atoms with E-state index in [4.69, 9.17) is 18.0 Å².